The molecule has 3 aliphatic rings. The van der Waals surface area contributed by atoms with Crippen LogP contribution in [0.25, 0.3) is 0 Å². The number of aromatic hydroxyl groups is 1. The van der Waals surface area contributed by atoms with Crippen LogP contribution in [-0.2, 0) is 11.2 Å². The SMILES string of the molecule is COc1cc2c(cc1O)CCC1C2CCC2(C)C(=O)CCCC12. The summed E-state index contributed by atoms with van der Waals surface area (Å²) < 4.78 is 5.33. The lowest BCUT2D eigenvalue weighted by atomic mass is 9.50. The third-order valence-corrected chi connectivity index (χ3v) is 6.97. The first-order chi connectivity index (χ1) is 11.0. The first kappa shape index (κ1) is 15.0. The quantitative estimate of drug-likeness (QED) is 0.844. The minimum atomic E-state index is -0.0854. The maximum absolute atomic E-state index is 12.6. The average molecular weight is 314 g/mol. The molecule has 4 atom stereocenters. The zero-order valence-electron chi connectivity index (χ0n) is 14.1. The van der Waals surface area contributed by atoms with Crippen molar-refractivity contribution in [2.24, 2.45) is 17.3 Å². The molecule has 0 spiro atoms. The van der Waals surface area contributed by atoms with Crippen LogP contribution in [0.5, 0.6) is 11.5 Å². The molecule has 1 N–H and O–H groups in total. The lowest BCUT2D eigenvalue weighted by molar-refractivity contribution is -0.140. The van der Waals surface area contributed by atoms with Crippen LogP contribution < -0.4 is 4.74 Å². The van der Waals surface area contributed by atoms with Crippen molar-refractivity contribution in [3.05, 3.63) is 23.3 Å². The second-order valence-electron chi connectivity index (χ2n) is 7.91. The number of Topliss-reactive ketones (excluding diaryl/α,β-unsaturated/α-hetero) is 1. The van der Waals surface area contributed by atoms with E-state index in [1.54, 1.807) is 7.11 Å². The first-order valence-corrected chi connectivity index (χ1v) is 8.97. The van der Waals surface area contributed by atoms with E-state index in [-0.39, 0.29) is 11.2 Å². The predicted octanol–water partition coefficient (Wildman–Crippen LogP) is 4.22. The van der Waals surface area contributed by atoms with Crippen LogP contribution in [0.15, 0.2) is 12.1 Å². The summed E-state index contributed by atoms with van der Waals surface area (Å²) in [5.41, 5.74) is 2.55. The van der Waals surface area contributed by atoms with E-state index in [0.717, 1.165) is 38.5 Å². The Labute approximate surface area is 138 Å². The average Bonchev–Trinajstić information content (AvgIpc) is 2.55. The number of carbonyl (C=O) groups is 1. The van der Waals surface area contributed by atoms with Crippen molar-refractivity contribution in [2.75, 3.05) is 7.11 Å². The number of ketones is 1. The fourth-order valence-corrected chi connectivity index (χ4v) is 5.72. The molecule has 0 aliphatic heterocycles. The molecule has 0 amide bonds. The summed E-state index contributed by atoms with van der Waals surface area (Å²) in [6.45, 7) is 2.22. The second kappa shape index (κ2) is 5.25. The number of methoxy groups -OCH3 is 1. The number of fused-ring (bicyclic) bond motifs is 5. The summed E-state index contributed by atoms with van der Waals surface area (Å²) in [5.74, 6) is 3.00. The van der Waals surface area contributed by atoms with Crippen LogP contribution in [-0.4, -0.2) is 18.0 Å². The molecule has 0 heterocycles. The van der Waals surface area contributed by atoms with Gasteiger partial charge < -0.3 is 9.84 Å². The highest BCUT2D eigenvalue weighted by molar-refractivity contribution is 5.85. The third-order valence-electron chi connectivity index (χ3n) is 6.97. The van der Waals surface area contributed by atoms with E-state index in [1.807, 2.05) is 6.07 Å². The maximum Gasteiger partial charge on any atom is 0.160 e. The number of carbonyl (C=O) groups excluding carboxylic acids is 1. The van der Waals surface area contributed by atoms with Gasteiger partial charge in [-0.1, -0.05) is 6.92 Å². The summed E-state index contributed by atoms with van der Waals surface area (Å²) >= 11 is 0. The zero-order chi connectivity index (χ0) is 16.2. The van der Waals surface area contributed by atoms with E-state index < -0.39 is 0 Å². The molecule has 23 heavy (non-hydrogen) atoms. The lowest BCUT2D eigenvalue weighted by Gasteiger charge is -2.53. The first-order valence-electron chi connectivity index (χ1n) is 8.97. The molecule has 4 unspecified atom stereocenters. The van der Waals surface area contributed by atoms with E-state index in [0.29, 0.717) is 29.3 Å². The third kappa shape index (κ3) is 2.12. The van der Waals surface area contributed by atoms with Crippen LogP contribution >= 0.6 is 0 Å². The number of hydrogen-bond donors (Lipinski definition) is 1. The minimum Gasteiger partial charge on any atom is -0.504 e. The Kier molecular flexibility index (Phi) is 3.44. The van der Waals surface area contributed by atoms with Gasteiger partial charge in [-0.15, -0.1) is 0 Å². The Hall–Kier alpha value is -1.51. The Morgan fingerprint density at radius 1 is 1.22 bits per heavy atom. The Morgan fingerprint density at radius 2 is 2.04 bits per heavy atom. The summed E-state index contributed by atoms with van der Waals surface area (Å²) in [5, 5.41) is 10.1. The minimum absolute atomic E-state index is 0.0854. The number of phenolic OH excluding ortho intramolecular Hbond substituents is 1. The van der Waals surface area contributed by atoms with Crippen molar-refractivity contribution in [3.63, 3.8) is 0 Å². The van der Waals surface area contributed by atoms with Gasteiger partial charge in [0.25, 0.3) is 0 Å². The van der Waals surface area contributed by atoms with Crippen molar-refractivity contribution in [2.45, 2.75) is 57.8 Å². The van der Waals surface area contributed by atoms with Gasteiger partial charge in [-0.25, -0.2) is 0 Å². The monoisotopic (exact) mass is 314 g/mol. The molecule has 0 radical (unpaired) electrons. The van der Waals surface area contributed by atoms with Gasteiger partial charge in [0.2, 0.25) is 0 Å². The fourth-order valence-electron chi connectivity index (χ4n) is 5.72. The highest BCUT2D eigenvalue weighted by atomic mass is 16.5. The van der Waals surface area contributed by atoms with Gasteiger partial charge >= 0.3 is 0 Å². The molecule has 1 aromatic rings. The van der Waals surface area contributed by atoms with Gasteiger partial charge in [-0.05, 0) is 79.5 Å². The number of phenols is 1. The molecule has 2 fully saturated rings. The summed E-state index contributed by atoms with van der Waals surface area (Å²) in [7, 11) is 1.61. The van der Waals surface area contributed by atoms with Crippen molar-refractivity contribution in [1.29, 1.82) is 0 Å². The molecule has 0 bridgehead atoms. The highest BCUT2D eigenvalue weighted by Gasteiger charge is 2.52. The Bertz CT molecular complexity index is 651. The van der Waals surface area contributed by atoms with Gasteiger partial charge in [0.15, 0.2) is 11.5 Å². The van der Waals surface area contributed by atoms with Crippen LogP contribution in [0, 0.1) is 17.3 Å². The van der Waals surface area contributed by atoms with Crippen LogP contribution in [0.2, 0.25) is 0 Å². The van der Waals surface area contributed by atoms with Gasteiger partial charge in [-0.2, -0.15) is 0 Å². The number of rotatable bonds is 1. The number of aryl methyl sites for hydroxylation is 1. The largest absolute Gasteiger partial charge is 0.504 e. The molecule has 3 nitrogen and oxygen atoms in total. The van der Waals surface area contributed by atoms with Crippen molar-refractivity contribution < 1.29 is 14.6 Å². The van der Waals surface area contributed by atoms with Crippen molar-refractivity contribution in [1.82, 2.24) is 0 Å². The molecule has 124 valence electrons. The van der Waals surface area contributed by atoms with Crippen LogP contribution in [0.3, 0.4) is 0 Å². The Balaban J connectivity index is 1.73. The molecule has 2 saturated carbocycles. The van der Waals surface area contributed by atoms with E-state index in [4.69, 9.17) is 4.74 Å². The van der Waals surface area contributed by atoms with Gasteiger partial charge in [0.05, 0.1) is 7.11 Å². The van der Waals surface area contributed by atoms with Crippen LogP contribution in [0.4, 0.5) is 0 Å². The highest BCUT2D eigenvalue weighted by Crippen LogP contribution is 2.58. The fraction of sp³-hybridized carbons (Fsp3) is 0.650. The second-order valence-corrected chi connectivity index (χ2v) is 7.91. The lowest BCUT2D eigenvalue weighted by Crippen LogP contribution is -2.49. The molecule has 1 aromatic carbocycles. The smallest absolute Gasteiger partial charge is 0.160 e. The number of benzene rings is 1. The number of hydrogen-bond acceptors (Lipinski definition) is 3. The van der Waals surface area contributed by atoms with E-state index in [9.17, 15) is 9.90 Å². The van der Waals surface area contributed by atoms with E-state index >= 15 is 0 Å². The normalized spacial score (nSPS) is 35.9. The molecule has 0 saturated heterocycles. The molecule has 0 aromatic heterocycles. The topological polar surface area (TPSA) is 46.5 Å². The van der Waals surface area contributed by atoms with E-state index in [1.165, 1.54) is 17.5 Å². The van der Waals surface area contributed by atoms with Crippen molar-refractivity contribution >= 4 is 5.78 Å². The molecule has 3 heteroatoms. The maximum atomic E-state index is 12.6. The van der Waals surface area contributed by atoms with Crippen LogP contribution in [0.1, 0.15) is 62.5 Å². The van der Waals surface area contributed by atoms with Gasteiger partial charge in [-0.3, -0.25) is 4.79 Å². The number of ether oxygens (including phenoxy) is 1. The van der Waals surface area contributed by atoms with Gasteiger partial charge in [0.1, 0.15) is 5.78 Å². The molecular weight excluding hydrogens is 288 g/mol. The predicted molar refractivity (Wildman–Crippen MR) is 88.9 cm³/mol. The zero-order valence-corrected chi connectivity index (χ0v) is 14.1. The molecule has 3 aliphatic carbocycles. The van der Waals surface area contributed by atoms with Gasteiger partial charge in [0, 0.05) is 11.8 Å². The summed E-state index contributed by atoms with van der Waals surface area (Å²) in [6, 6.07) is 3.94. The summed E-state index contributed by atoms with van der Waals surface area (Å²) in [4.78, 5) is 12.6. The van der Waals surface area contributed by atoms with E-state index in [2.05, 4.69) is 13.0 Å². The molecular formula is C20H26O3. The Morgan fingerprint density at radius 3 is 2.83 bits per heavy atom. The summed E-state index contributed by atoms with van der Waals surface area (Å²) in [6.07, 6.45) is 7.31. The van der Waals surface area contributed by atoms with Crippen molar-refractivity contribution in [3.8, 4) is 11.5 Å². The molecule has 4 rings (SSSR count). The standard InChI is InChI=1S/C20H26O3/c1-20-9-8-13-14(16(20)4-3-5-19(20)22)7-6-12-10-17(21)18(23-2)11-15(12)13/h10-11,13-14,16,21H,3-9H2,1-2H3.